The van der Waals surface area contributed by atoms with Gasteiger partial charge in [-0.05, 0) is 26.3 Å². The summed E-state index contributed by atoms with van der Waals surface area (Å²) >= 11 is 2.90. The number of nitrogens with one attached hydrogen (secondary N) is 1. The standard InChI is InChI=1S/C18H20N4OS2/c1-18(2,3)22-10-9-19-17(22)24-12-15(23)21-16-20-11-14(25-16)13-7-5-4-6-8-13/h4-11H,12H2,1-3H3,(H,20,21,23). The minimum atomic E-state index is -0.0811. The molecule has 25 heavy (non-hydrogen) atoms. The van der Waals surface area contributed by atoms with Gasteiger partial charge in [0.05, 0.1) is 10.6 Å². The third-order valence-electron chi connectivity index (χ3n) is 3.47. The Morgan fingerprint density at radius 1 is 1.24 bits per heavy atom. The van der Waals surface area contributed by atoms with E-state index in [0.29, 0.717) is 10.9 Å². The van der Waals surface area contributed by atoms with Crippen LogP contribution in [-0.2, 0) is 10.3 Å². The number of rotatable bonds is 5. The molecule has 0 radical (unpaired) electrons. The Balaban J connectivity index is 1.59. The van der Waals surface area contributed by atoms with Crippen molar-refractivity contribution in [1.82, 2.24) is 14.5 Å². The molecule has 0 aliphatic heterocycles. The number of hydrogen-bond acceptors (Lipinski definition) is 5. The fourth-order valence-corrected chi connectivity index (χ4v) is 4.04. The van der Waals surface area contributed by atoms with Crippen LogP contribution < -0.4 is 5.32 Å². The number of thiazole rings is 1. The molecular weight excluding hydrogens is 352 g/mol. The number of hydrogen-bond donors (Lipinski definition) is 1. The SMILES string of the molecule is CC(C)(C)n1ccnc1SCC(=O)Nc1ncc(-c2ccccc2)s1. The molecule has 1 N–H and O–H groups in total. The normalized spacial score (nSPS) is 11.5. The second-order valence-corrected chi connectivity index (χ2v) is 8.46. The maximum atomic E-state index is 12.2. The summed E-state index contributed by atoms with van der Waals surface area (Å²) in [6.07, 6.45) is 5.49. The van der Waals surface area contributed by atoms with Crippen LogP contribution in [0.15, 0.2) is 54.1 Å². The van der Waals surface area contributed by atoms with Gasteiger partial charge in [-0.3, -0.25) is 4.79 Å². The third-order valence-corrected chi connectivity index (χ3v) is 5.40. The van der Waals surface area contributed by atoms with Gasteiger partial charge in [0.15, 0.2) is 10.3 Å². The maximum absolute atomic E-state index is 12.2. The van der Waals surface area contributed by atoms with E-state index in [1.807, 2.05) is 36.5 Å². The number of aromatic nitrogens is 3. The average molecular weight is 373 g/mol. The monoisotopic (exact) mass is 372 g/mol. The lowest BCUT2D eigenvalue weighted by molar-refractivity contribution is -0.113. The van der Waals surface area contributed by atoms with Crippen molar-refractivity contribution in [2.75, 3.05) is 11.1 Å². The van der Waals surface area contributed by atoms with E-state index in [1.54, 1.807) is 12.4 Å². The molecule has 1 aromatic carbocycles. The van der Waals surface area contributed by atoms with Crippen molar-refractivity contribution in [3.05, 3.63) is 48.9 Å². The largest absolute Gasteiger partial charge is 0.321 e. The number of thioether (sulfide) groups is 1. The van der Waals surface area contributed by atoms with Crippen LogP contribution in [0.2, 0.25) is 0 Å². The van der Waals surface area contributed by atoms with E-state index in [4.69, 9.17) is 0 Å². The number of benzene rings is 1. The lowest BCUT2D eigenvalue weighted by Gasteiger charge is -2.22. The molecule has 130 valence electrons. The van der Waals surface area contributed by atoms with E-state index >= 15 is 0 Å². The predicted molar refractivity (Wildman–Crippen MR) is 104 cm³/mol. The molecule has 3 rings (SSSR count). The van der Waals surface area contributed by atoms with E-state index in [0.717, 1.165) is 15.6 Å². The molecule has 0 saturated carbocycles. The topological polar surface area (TPSA) is 59.8 Å². The highest BCUT2D eigenvalue weighted by Crippen LogP contribution is 2.29. The first-order chi connectivity index (χ1) is 11.9. The van der Waals surface area contributed by atoms with Crippen LogP contribution in [0.25, 0.3) is 10.4 Å². The fourth-order valence-electron chi connectivity index (χ4n) is 2.26. The van der Waals surface area contributed by atoms with Gasteiger partial charge >= 0.3 is 0 Å². The van der Waals surface area contributed by atoms with Crippen molar-refractivity contribution >= 4 is 34.1 Å². The molecule has 0 bridgehead atoms. The van der Waals surface area contributed by atoms with Crippen LogP contribution in [0, 0.1) is 0 Å². The van der Waals surface area contributed by atoms with Crippen molar-refractivity contribution in [1.29, 1.82) is 0 Å². The van der Waals surface area contributed by atoms with Crippen molar-refractivity contribution in [2.45, 2.75) is 31.5 Å². The average Bonchev–Trinajstić information content (AvgIpc) is 3.22. The molecule has 0 aliphatic carbocycles. The molecule has 5 nitrogen and oxygen atoms in total. The summed E-state index contributed by atoms with van der Waals surface area (Å²) in [5.41, 5.74) is 1.04. The summed E-state index contributed by atoms with van der Waals surface area (Å²) in [5.74, 6) is 0.218. The Labute approximate surface area is 155 Å². The van der Waals surface area contributed by atoms with E-state index in [1.165, 1.54) is 23.1 Å². The Hall–Kier alpha value is -2.12. The first-order valence-electron chi connectivity index (χ1n) is 7.91. The number of nitrogens with zero attached hydrogens (tertiary/aromatic N) is 3. The zero-order valence-corrected chi connectivity index (χ0v) is 16.0. The van der Waals surface area contributed by atoms with Crippen LogP contribution in [0.4, 0.5) is 5.13 Å². The lowest BCUT2D eigenvalue weighted by Crippen LogP contribution is -2.22. The highest BCUT2D eigenvalue weighted by molar-refractivity contribution is 7.99. The molecule has 3 aromatic rings. The molecule has 0 spiro atoms. The Bertz CT molecular complexity index is 849. The fraction of sp³-hybridized carbons (Fsp3) is 0.278. The smallest absolute Gasteiger partial charge is 0.236 e. The first kappa shape index (κ1) is 17.7. The second-order valence-electron chi connectivity index (χ2n) is 6.48. The summed E-state index contributed by atoms with van der Waals surface area (Å²) in [7, 11) is 0. The lowest BCUT2D eigenvalue weighted by atomic mass is 10.1. The summed E-state index contributed by atoms with van der Waals surface area (Å²) in [5, 5.41) is 4.32. The van der Waals surface area contributed by atoms with Crippen molar-refractivity contribution in [2.24, 2.45) is 0 Å². The Morgan fingerprint density at radius 3 is 2.72 bits per heavy atom. The van der Waals surface area contributed by atoms with E-state index in [9.17, 15) is 4.79 Å². The van der Waals surface area contributed by atoms with E-state index in [-0.39, 0.29) is 11.4 Å². The molecule has 7 heteroatoms. The van der Waals surface area contributed by atoms with Gasteiger partial charge in [0.25, 0.3) is 0 Å². The molecule has 0 unspecified atom stereocenters. The van der Waals surface area contributed by atoms with Gasteiger partial charge in [-0.15, -0.1) is 0 Å². The van der Waals surface area contributed by atoms with Gasteiger partial charge in [0.2, 0.25) is 5.91 Å². The molecule has 0 fully saturated rings. The minimum Gasteiger partial charge on any atom is -0.321 e. The van der Waals surface area contributed by atoms with Gasteiger partial charge in [-0.25, -0.2) is 9.97 Å². The molecular formula is C18H20N4OS2. The van der Waals surface area contributed by atoms with E-state index < -0.39 is 0 Å². The summed E-state index contributed by atoms with van der Waals surface area (Å²) < 4.78 is 2.07. The van der Waals surface area contributed by atoms with Gasteiger partial charge in [-0.1, -0.05) is 53.4 Å². The quantitative estimate of drug-likeness (QED) is 0.670. The molecule has 0 saturated heterocycles. The van der Waals surface area contributed by atoms with Gasteiger partial charge < -0.3 is 9.88 Å². The summed E-state index contributed by atoms with van der Waals surface area (Å²) in [6.45, 7) is 6.33. The highest BCUT2D eigenvalue weighted by Gasteiger charge is 2.18. The third kappa shape index (κ3) is 4.49. The number of imidazole rings is 1. The van der Waals surface area contributed by atoms with Gasteiger partial charge in [-0.2, -0.15) is 0 Å². The van der Waals surface area contributed by atoms with Gasteiger partial charge in [0.1, 0.15) is 0 Å². The number of amides is 1. The van der Waals surface area contributed by atoms with Crippen LogP contribution in [0.1, 0.15) is 20.8 Å². The second kappa shape index (κ2) is 7.41. The predicted octanol–water partition coefficient (Wildman–Crippen LogP) is 4.49. The van der Waals surface area contributed by atoms with E-state index in [2.05, 4.69) is 40.6 Å². The van der Waals surface area contributed by atoms with Crippen molar-refractivity contribution in [3.63, 3.8) is 0 Å². The highest BCUT2D eigenvalue weighted by atomic mass is 32.2. The maximum Gasteiger partial charge on any atom is 0.236 e. The molecule has 0 aliphatic rings. The number of carbonyl (C=O) groups is 1. The molecule has 2 aromatic heterocycles. The van der Waals surface area contributed by atoms with Crippen LogP contribution in [-0.4, -0.2) is 26.2 Å². The summed E-state index contributed by atoms with van der Waals surface area (Å²) in [6, 6.07) is 10.0. The number of anilines is 1. The van der Waals surface area contributed by atoms with Crippen LogP contribution in [0.3, 0.4) is 0 Å². The molecule has 1 amide bonds. The Morgan fingerprint density at radius 2 is 2.00 bits per heavy atom. The molecule has 2 heterocycles. The van der Waals surface area contributed by atoms with Gasteiger partial charge in [0, 0.05) is 24.1 Å². The summed E-state index contributed by atoms with van der Waals surface area (Å²) in [4.78, 5) is 21.9. The minimum absolute atomic E-state index is 0.0603. The van der Waals surface area contributed by atoms with Crippen molar-refractivity contribution in [3.8, 4) is 10.4 Å². The number of carbonyl (C=O) groups excluding carboxylic acids is 1. The van der Waals surface area contributed by atoms with Crippen LogP contribution >= 0.6 is 23.1 Å². The first-order valence-corrected chi connectivity index (χ1v) is 9.71. The zero-order chi connectivity index (χ0) is 17.9. The van der Waals surface area contributed by atoms with Crippen molar-refractivity contribution < 1.29 is 4.79 Å². The molecule has 0 atom stereocenters. The zero-order valence-electron chi connectivity index (χ0n) is 14.4. The Kier molecular flexibility index (Phi) is 5.24. The van der Waals surface area contributed by atoms with Crippen LogP contribution in [0.5, 0.6) is 0 Å².